The minimum Gasteiger partial charge on any atom is -0.328 e. The molecule has 5 N–H and O–H groups in total. The van der Waals surface area contributed by atoms with Crippen molar-refractivity contribution in [3.05, 3.63) is 28.7 Å². The van der Waals surface area contributed by atoms with Crippen molar-refractivity contribution in [3.63, 3.8) is 0 Å². The van der Waals surface area contributed by atoms with Gasteiger partial charge in [-0.2, -0.15) is 0 Å². The van der Waals surface area contributed by atoms with E-state index < -0.39 is 10.0 Å². The molecule has 1 aliphatic carbocycles. The molecule has 1 aromatic carbocycles. The second-order valence-corrected chi connectivity index (χ2v) is 6.55. The van der Waals surface area contributed by atoms with Gasteiger partial charge in [-0.25, -0.2) is 17.9 Å². The minimum atomic E-state index is -3.57. The molecule has 0 spiro atoms. The number of fused-ring (bicyclic) bond motifs is 1. The molecule has 1 fully saturated rings. The second kappa shape index (κ2) is 4.19. The lowest BCUT2D eigenvalue weighted by atomic mass is 9.89. The summed E-state index contributed by atoms with van der Waals surface area (Å²) in [6.45, 7) is 0. The molecule has 0 atom stereocenters. The molecule has 2 aromatic rings. The van der Waals surface area contributed by atoms with Gasteiger partial charge in [0.2, 0.25) is 10.0 Å². The van der Waals surface area contributed by atoms with E-state index in [9.17, 15) is 13.2 Å². The lowest BCUT2D eigenvalue weighted by Gasteiger charge is -2.32. The van der Waals surface area contributed by atoms with Crippen molar-refractivity contribution in [2.45, 2.75) is 29.8 Å². The fourth-order valence-corrected chi connectivity index (χ4v) is 3.51. The van der Waals surface area contributed by atoms with Gasteiger partial charge < -0.3 is 15.7 Å². The molecule has 102 valence electrons. The van der Waals surface area contributed by atoms with E-state index in [4.69, 9.17) is 5.73 Å². The maximum Gasteiger partial charge on any atom is 0.323 e. The van der Waals surface area contributed by atoms with Gasteiger partial charge in [0.25, 0.3) is 0 Å². The van der Waals surface area contributed by atoms with E-state index in [0.717, 1.165) is 0 Å². The number of rotatable bonds is 3. The summed E-state index contributed by atoms with van der Waals surface area (Å²) in [5, 5.41) is 0. The lowest BCUT2D eigenvalue weighted by Crippen LogP contribution is -2.50. The van der Waals surface area contributed by atoms with Crippen LogP contribution in [0.1, 0.15) is 12.8 Å². The van der Waals surface area contributed by atoms with Crippen LogP contribution in [0.15, 0.2) is 27.9 Å². The van der Waals surface area contributed by atoms with Crippen LogP contribution in [-0.2, 0) is 10.0 Å². The van der Waals surface area contributed by atoms with Crippen LogP contribution in [0, 0.1) is 0 Å². The van der Waals surface area contributed by atoms with E-state index >= 15 is 0 Å². The average Bonchev–Trinajstić information content (AvgIpc) is 2.65. The molecule has 0 amide bonds. The Morgan fingerprint density at radius 1 is 1.21 bits per heavy atom. The summed E-state index contributed by atoms with van der Waals surface area (Å²) < 4.78 is 26.9. The predicted octanol–water partition coefficient (Wildman–Crippen LogP) is -0.376. The number of H-pyrrole nitrogens is 2. The molecule has 0 bridgehead atoms. The van der Waals surface area contributed by atoms with E-state index in [1.165, 1.54) is 12.1 Å². The standard InChI is InChI=1S/C11H14N4O3S/c12-6-3-7(4-6)15-19(17,18)8-1-2-9-10(5-8)14-11(16)13-9/h1-2,5-7,15H,3-4,12H2,(H2,13,14,16). The van der Waals surface area contributed by atoms with Crippen molar-refractivity contribution in [1.29, 1.82) is 0 Å². The van der Waals surface area contributed by atoms with E-state index in [1.807, 2.05) is 0 Å². The number of nitrogens with one attached hydrogen (secondary N) is 3. The summed E-state index contributed by atoms with van der Waals surface area (Å²) in [6.07, 6.45) is 1.31. The third kappa shape index (κ3) is 2.29. The molecule has 0 unspecified atom stereocenters. The van der Waals surface area contributed by atoms with Gasteiger partial charge >= 0.3 is 5.69 Å². The Kier molecular flexibility index (Phi) is 2.73. The monoisotopic (exact) mass is 282 g/mol. The number of hydrogen-bond acceptors (Lipinski definition) is 4. The molecule has 19 heavy (non-hydrogen) atoms. The van der Waals surface area contributed by atoms with Crippen LogP contribution in [0.2, 0.25) is 0 Å². The van der Waals surface area contributed by atoms with Crippen LogP contribution in [0.4, 0.5) is 0 Å². The van der Waals surface area contributed by atoms with Gasteiger partial charge in [0.05, 0.1) is 15.9 Å². The van der Waals surface area contributed by atoms with E-state index in [1.54, 1.807) is 6.07 Å². The van der Waals surface area contributed by atoms with Gasteiger partial charge in [-0.15, -0.1) is 0 Å². The molecular formula is C11H14N4O3S. The van der Waals surface area contributed by atoms with Crippen LogP contribution in [0.5, 0.6) is 0 Å². The number of sulfonamides is 1. The zero-order valence-electron chi connectivity index (χ0n) is 10.0. The fourth-order valence-electron chi connectivity index (χ4n) is 2.22. The first-order valence-corrected chi connectivity index (χ1v) is 7.42. The van der Waals surface area contributed by atoms with Crippen molar-refractivity contribution >= 4 is 21.1 Å². The number of benzene rings is 1. The minimum absolute atomic E-state index is 0.0798. The highest BCUT2D eigenvalue weighted by atomic mass is 32.2. The first-order chi connectivity index (χ1) is 8.94. The van der Waals surface area contributed by atoms with Gasteiger partial charge in [-0.05, 0) is 31.0 Å². The van der Waals surface area contributed by atoms with E-state index in [2.05, 4.69) is 14.7 Å². The Balaban J connectivity index is 1.91. The SMILES string of the molecule is NC1CC(NS(=O)(=O)c2ccc3[nH]c(=O)[nH]c3c2)C1. The van der Waals surface area contributed by atoms with E-state index in [-0.39, 0.29) is 22.7 Å². The fraction of sp³-hybridized carbons (Fsp3) is 0.364. The summed E-state index contributed by atoms with van der Waals surface area (Å²) in [7, 11) is -3.57. The second-order valence-electron chi connectivity index (χ2n) is 4.84. The smallest absolute Gasteiger partial charge is 0.323 e. The molecule has 1 heterocycles. The van der Waals surface area contributed by atoms with Crippen LogP contribution in [-0.4, -0.2) is 30.5 Å². The van der Waals surface area contributed by atoms with Crippen molar-refractivity contribution in [3.8, 4) is 0 Å². The highest BCUT2D eigenvalue weighted by Crippen LogP contribution is 2.21. The number of aromatic amines is 2. The topological polar surface area (TPSA) is 121 Å². The predicted molar refractivity (Wildman–Crippen MR) is 70.2 cm³/mol. The Morgan fingerprint density at radius 3 is 2.58 bits per heavy atom. The van der Waals surface area contributed by atoms with Gasteiger partial charge in [0.15, 0.2) is 0 Å². The van der Waals surface area contributed by atoms with Crippen molar-refractivity contribution in [2.24, 2.45) is 5.73 Å². The molecule has 0 radical (unpaired) electrons. The Hall–Kier alpha value is -1.64. The number of imidazole rings is 1. The summed E-state index contributed by atoms with van der Waals surface area (Å²) in [6, 6.07) is 4.45. The van der Waals surface area contributed by atoms with Crippen LogP contribution >= 0.6 is 0 Å². The number of nitrogens with two attached hydrogens (primary N) is 1. The first-order valence-electron chi connectivity index (χ1n) is 5.94. The van der Waals surface area contributed by atoms with Gasteiger partial charge in [0.1, 0.15) is 0 Å². The molecule has 0 saturated heterocycles. The highest BCUT2D eigenvalue weighted by Gasteiger charge is 2.30. The van der Waals surface area contributed by atoms with Gasteiger partial charge in [0, 0.05) is 12.1 Å². The Bertz CT molecular complexity index is 771. The molecule has 1 aliphatic rings. The number of aromatic nitrogens is 2. The zero-order valence-corrected chi connectivity index (χ0v) is 10.8. The molecule has 8 heteroatoms. The van der Waals surface area contributed by atoms with Crippen LogP contribution < -0.4 is 16.1 Å². The molecule has 7 nitrogen and oxygen atoms in total. The summed E-state index contributed by atoms with van der Waals surface area (Å²) in [5.41, 5.74) is 6.31. The number of hydrogen-bond donors (Lipinski definition) is 4. The first kappa shape index (κ1) is 12.4. The van der Waals surface area contributed by atoms with E-state index in [0.29, 0.717) is 23.9 Å². The van der Waals surface area contributed by atoms with Crippen LogP contribution in [0.25, 0.3) is 11.0 Å². The summed E-state index contributed by atoms with van der Waals surface area (Å²) >= 11 is 0. The quantitative estimate of drug-likeness (QED) is 0.613. The van der Waals surface area contributed by atoms with Crippen LogP contribution in [0.3, 0.4) is 0 Å². The summed E-state index contributed by atoms with van der Waals surface area (Å²) in [5.74, 6) is 0. The highest BCUT2D eigenvalue weighted by molar-refractivity contribution is 7.89. The van der Waals surface area contributed by atoms with Gasteiger partial charge in [-0.3, -0.25) is 0 Å². The molecular weight excluding hydrogens is 268 g/mol. The largest absolute Gasteiger partial charge is 0.328 e. The Morgan fingerprint density at radius 2 is 1.89 bits per heavy atom. The maximum absolute atomic E-state index is 12.1. The normalized spacial score (nSPS) is 23.4. The average molecular weight is 282 g/mol. The van der Waals surface area contributed by atoms with Crippen molar-refractivity contribution in [1.82, 2.24) is 14.7 Å². The van der Waals surface area contributed by atoms with Crippen molar-refractivity contribution < 1.29 is 8.42 Å². The van der Waals surface area contributed by atoms with Crippen molar-refractivity contribution in [2.75, 3.05) is 0 Å². The Labute approximate surface area is 109 Å². The molecule has 0 aliphatic heterocycles. The molecule has 1 saturated carbocycles. The maximum atomic E-state index is 12.1. The third-order valence-electron chi connectivity index (χ3n) is 3.29. The lowest BCUT2D eigenvalue weighted by molar-refractivity contribution is 0.327. The molecule has 3 rings (SSSR count). The summed E-state index contributed by atoms with van der Waals surface area (Å²) in [4.78, 5) is 16.4. The third-order valence-corrected chi connectivity index (χ3v) is 4.81. The zero-order chi connectivity index (χ0) is 13.6. The van der Waals surface area contributed by atoms with Gasteiger partial charge in [-0.1, -0.05) is 0 Å². The molecule has 1 aromatic heterocycles.